The molecule has 2 aliphatic heterocycles. The zero-order valence-corrected chi connectivity index (χ0v) is 19.2. The summed E-state index contributed by atoms with van der Waals surface area (Å²) in [5, 5.41) is 5.53. The minimum absolute atomic E-state index is 0.0772. The number of carbonyl (C=O) groups is 2. The molecule has 2 N–H and O–H groups in total. The van der Waals surface area contributed by atoms with E-state index in [2.05, 4.69) is 24.5 Å². The van der Waals surface area contributed by atoms with Crippen LogP contribution in [-0.4, -0.2) is 43.7 Å². The van der Waals surface area contributed by atoms with Gasteiger partial charge in [0.05, 0.1) is 10.6 Å². The molecule has 2 aromatic rings. The third kappa shape index (κ3) is 4.22. The third-order valence-electron chi connectivity index (χ3n) is 5.85. The lowest BCUT2D eigenvalue weighted by atomic mass is 10.0. The molecule has 0 saturated carbocycles. The second-order valence-electron chi connectivity index (χ2n) is 8.49. The van der Waals surface area contributed by atoms with Crippen molar-refractivity contribution in [2.24, 2.45) is 0 Å². The van der Waals surface area contributed by atoms with Crippen molar-refractivity contribution >= 4 is 33.2 Å². The number of benzene rings is 2. The van der Waals surface area contributed by atoms with Crippen molar-refractivity contribution in [1.29, 1.82) is 0 Å². The quantitative estimate of drug-likeness (QED) is 0.717. The summed E-state index contributed by atoms with van der Waals surface area (Å²) in [7, 11) is -3.94. The molecule has 1 atom stereocenters. The van der Waals surface area contributed by atoms with Gasteiger partial charge < -0.3 is 15.4 Å². The van der Waals surface area contributed by atoms with Gasteiger partial charge in [-0.05, 0) is 55.0 Å². The molecule has 2 heterocycles. The van der Waals surface area contributed by atoms with E-state index in [9.17, 15) is 18.0 Å². The Labute approximate surface area is 188 Å². The van der Waals surface area contributed by atoms with Gasteiger partial charge in [-0.3, -0.25) is 9.59 Å². The number of amides is 2. The van der Waals surface area contributed by atoms with E-state index in [4.69, 9.17) is 4.74 Å². The number of nitrogens with one attached hydrogen (secondary N) is 2. The lowest BCUT2D eigenvalue weighted by molar-refractivity contribution is -0.119. The van der Waals surface area contributed by atoms with Crippen molar-refractivity contribution in [3.05, 3.63) is 47.5 Å². The van der Waals surface area contributed by atoms with Crippen LogP contribution in [0.25, 0.3) is 0 Å². The molecule has 32 heavy (non-hydrogen) atoms. The minimum atomic E-state index is -3.94. The SMILES string of the molecule is Cc1cc2c(cc1S(=O)(=O)N1CCCC1C(=O)Nc1ccc(C(C)C)cc1)OCC(=O)N2. The largest absolute Gasteiger partial charge is 0.482 e. The maximum atomic E-state index is 13.5. The average molecular weight is 458 g/mol. The van der Waals surface area contributed by atoms with Crippen molar-refractivity contribution in [2.45, 2.75) is 50.5 Å². The molecular weight excluding hydrogens is 430 g/mol. The number of ether oxygens (including phenoxy) is 1. The van der Waals surface area contributed by atoms with Crippen LogP contribution >= 0.6 is 0 Å². The number of nitrogens with zero attached hydrogens (tertiary/aromatic N) is 1. The molecule has 8 nitrogen and oxygen atoms in total. The van der Waals surface area contributed by atoms with E-state index in [1.807, 2.05) is 24.3 Å². The summed E-state index contributed by atoms with van der Waals surface area (Å²) in [6, 6.07) is 9.80. The Bertz CT molecular complexity index is 1160. The summed E-state index contributed by atoms with van der Waals surface area (Å²) >= 11 is 0. The van der Waals surface area contributed by atoms with Gasteiger partial charge in [0, 0.05) is 18.3 Å². The molecule has 9 heteroatoms. The fraction of sp³-hybridized carbons (Fsp3) is 0.391. The lowest BCUT2D eigenvalue weighted by Gasteiger charge is -2.26. The van der Waals surface area contributed by atoms with Gasteiger partial charge in [0.1, 0.15) is 11.8 Å². The monoisotopic (exact) mass is 457 g/mol. The first-order chi connectivity index (χ1) is 15.2. The summed E-state index contributed by atoms with van der Waals surface area (Å²) < 4.78 is 33.7. The number of hydrogen-bond acceptors (Lipinski definition) is 5. The maximum Gasteiger partial charge on any atom is 0.262 e. The van der Waals surface area contributed by atoms with Crippen LogP contribution in [0.5, 0.6) is 5.75 Å². The van der Waals surface area contributed by atoms with Gasteiger partial charge in [0.15, 0.2) is 6.61 Å². The van der Waals surface area contributed by atoms with E-state index < -0.39 is 16.1 Å². The summed E-state index contributed by atoms with van der Waals surface area (Å²) in [4.78, 5) is 24.6. The number of carbonyl (C=O) groups excluding carboxylic acids is 2. The van der Waals surface area contributed by atoms with Gasteiger partial charge in [-0.25, -0.2) is 8.42 Å². The van der Waals surface area contributed by atoms with E-state index in [1.165, 1.54) is 10.4 Å². The van der Waals surface area contributed by atoms with Crippen LogP contribution < -0.4 is 15.4 Å². The molecule has 0 aromatic heterocycles. The van der Waals surface area contributed by atoms with Gasteiger partial charge >= 0.3 is 0 Å². The van der Waals surface area contributed by atoms with Crippen LogP contribution in [0.3, 0.4) is 0 Å². The second-order valence-corrected chi connectivity index (χ2v) is 10.3. The normalized spacial score (nSPS) is 18.8. The number of aryl methyl sites for hydroxylation is 1. The molecule has 2 aromatic carbocycles. The molecule has 1 fully saturated rings. The molecule has 170 valence electrons. The molecule has 1 saturated heterocycles. The first-order valence-corrected chi connectivity index (χ1v) is 12.1. The van der Waals surface area contributed by atoms with Crippen molar-refractivity contribution in [3.8, 4) is 5.75 Å². The first kappa shape index (κ1) is 22.3. The van der Waals surface area contributed by atoms with Crippen LogP contribution in [-0.2, 0) is 19.6 Å². The van der Waals surface area contributed by atoms with Gasteiger partial charge in [-0.1, -0.05) is 26.0 Å². The topological polar surface area (TPSA) is 105 Å². The standard InChI is InChI=1S/C23H27N3O5S/c1-14(2)16-6-8-17(9-7-16)24-23(28)19-5-4-10-26(19)32(29,30)21-12-20-18(11-15(21)3)25-22(27)13-31-20/h6-9,11-12,14,19H,4-5,10,13H2,1-3H3,(H,24,28)(H,25,27). The number of sulfonamides is 1. The first-order valence-electron chi connectivity index (χ1n) is 10.7. The number of anilines is 2. The molecule has 2 aliphatic rings. The molecule has 1 unspecified atom stereocenters. The zero-order valence-electron chi connectivity index (χ0n) is 18.3. The van der Waals surface area contributed by atoms with Crippen molar-refractivity contribution < 1.29 is 22.7 Å². The summed E-state index contributed by atoms with van der Waals surface area (Å²) in [6.45, 7) is 5.95. The Balaban J connectivity index is 1.57. The fourth-order valence-electron chi connectivity index (χ4n) is 4.09. The van der Waals surface area contributed by atoms with Gasteiger partial charge in [-0.2, -0.15) is 4.31 Å². The Hall–Kier alpha value is -2.91. The van der Waals surface area contributed by atoms with Gasteiger partial charge in [0.2, 0.25) is 15.9 Å². The Morgan fingerprint density at radius 2 is 1.94 bits per heavy atom. The molecule has 0 bridgehead atoms. The van der Waals surface area contributed by atoms with Crippen molar-refractivity contribution in [3.63, 3.8) is 0 Å². The highest BCUT2D eigenvalue weighted by atomic mass is 32.2. The van der Waals surface area contributed by atoms with Crippen LogP contribution in [0.2, 0.25) is 0 Å². The van der Waals surface area contributed by atoms with Crippen LogP contribution in [0.15, 0.2) is 41.3 Å². The molecule has 0 radical (unpaired) electrons. The smallest absolute Gasteiger partial charge is 0.262 e. The fourth-order valence-corrected chi connectivity index (χ4v) is 5.97. The van der Waals surface area contributed by atoms with E-state index in [1.54, 1.807) is 13.0 Å². The number of hydrogen-bond donors (Lipinski definition) is 2. The highest BCUT2D eigenvalue weighted by Crippen LogP contribution is 2.36. The zero-order chi connectivity index (χ0) is 23.0. The van der Waals surface area contributed by atoms with Crippen molar-refractivity contribution in [2.75, 3.05) is 23.8 Å². The van der Waals surface area contributed by atoms with E-state index >= 15 is 0 Å². The molecular formula is C23H27N3O5S. The maximum absolute atomic E-state index is 13.5. The number of rotatable bonds is 5. The van der Waals surface area contributed by atoms with E-state index in [0.717, 1.165) is 5.56 Å². The van der Waals surface area contributed by atoms with Crippen LogP contribution in [0.4, 0.5) is 11.4 Å². The van der Waals surface area contributed by atoms with Gasteiger partial charge in [-0.15, -0.1) is 0 Å². The van der Waals surface area contributed by atoms with Crippen molar-refractivity contribution in [1.82, 2.24) is 4.31 Å². The summed E-state index contributed by atoms with van der Waals surface area (Å²) in [5.41, 5.74) is 2.72. The predicted molar refractivity (Wildman–Crippen MR) is 121 cm³/mol. The highest BCUT2D eigenvalue weighted by molar-refractivity contribution is 7.89. The highest BCUT2D eigenvalue weighted by Gasteiger charge is 2.40. The molecule has 2 amide bonds. The number of fused-ring (bicyclic) bond motifs is 1. The average Bonchev–Trinajstić information content (AvgIpc) is 3.24. The Kier molecular flexibility index (Phi) is 5.96. The Morgan fingerprint density at radius 3 is 2.62 bits per heavy atom. The van der Waals surface area contributed by atoms with Crippen LogP contribution in [0.1, 0.15) is 43.7 Å². The summed E-state index contributed by atoms with van der Waals surface area (Å²) in [6.07, 6.45) is 1.05. The lowest BCUT2D eigenvalue weighted by Crippen LogP contribution is -2.43. The molecule has 0 spiro atoms. The molecule has 0 aliphatic carbocycles. The second kappa shape index (κ2) is 8.55. The van der Waals surface area contributed by atoms with E-state index in [-0.39, 0.29) is 29.9 Å². The minimum Gasteiger partial charge on any atom is -0.482 e. The predicted octanol–water partition coefficient (Wildman–Crippen LogP) is 3.24. The Morgan fingerprint density at radius 1 is 1.22 bits per heavy atom. The van der Waals surface area contributed by atoms with Gasteiger partial charge in [0.25, 0.3) is 5.91 Å². The molecule has 4 rings (SSSR count). The van der Waals surface area contributed by atoms with E-state index in [0.29, 0.717) is 41.4 Å². The van der Waals surface area contributed by atoms with Crippen LogP contribution in [0, 0.1) is 6.92 Å². The summed E-state index contributed by atoms with van der Waals surface area (Å²) in [5.74, 6) is 0.0549. The third-order valence-corrected chi connectivity index (χ3v) is 7.90.